The Labute approximate surface area is 164 Å². The monoisotopic (exact) mass is 524 g/mol. The van der Waals surface area contributed by atoms with Crippen LogP contribution in [0.15, 0.2) is 25.6 Å². The highest BCUT2D eigenvalue weighted by atomic mass is 79.9. The first-order valence-electron chi connectivity index (χ1n) is 6.96. The maximum atomic E-state index is 9.99. The van der Waals surface area contributed by atoms with E-state index in [1.165, 1.54) is 12.1 Å². The van der Waals surface area contributed by atoms with Crippen molar-refractivity contribution in [3.63, 3.8) is 0 Å². The van der Waals surface area contributed by atoms with Gasteiger partial charge in [-0.3, -0.25) is 0 Å². The van der Waals surface area contributed by atoms with Crippen molar-refractivity contribution in [2.24, 2.45) is 0 Å². The van der Waals surface area contributed by atoms with Crippen LogP contribution < -0.4 is 0 Å². The molecule has 0 aliphatic rings. The minimum Gasteiger partial charge on any atom is -0.504 e. The first kappa shape index (κ1) is 19.4. The summed E-state index contributed by atoms with van der Waals surface area (Å²) in [4.78, 5) is 0. The molecule has 0 fully saturated rings. The third kappa shape index (κ3) is 3.82. The number of phenolic OH excluding ortho intramolecular Hbond substituents is 4. The predicted octanol–water partition coefficient (Wildman–Crippen LogP) is 4.92. The lowest BCUT2D eigenvalue weighted by atomic mass is 9.99. The van der Waals surface area contributed by atoms with Gasteiger partial charge in [0, 0.05) is 17.5 Å². The van der Waals surface area contributed by atoms with Gasteiger partial charge >= 0.3 is 0 Å². The Balaban J connectivity index is 2.55. The van der Waals surface area contributed by atoms with Crippen LogP contribution in [-0.2, 0) is 17.8 Å². The molecule has 2 aromatic rings. The molecule has 2 rings (SSSR count). The lowest BCUT2D eigenvalue weighted by Gasteiger charge is -2.16. The summed E-state index contributed by atoms with van der Waals surface area (Å²) in [5.74, 6) is -1.02. The molecular formula is C16H15Br3O5. The molecule has 0 spiro atoms. The maximum absolute atomic E-state index is 9.99. The van der Waals surface area contributed by atoms with E-state index in [1.54, 1.807) is 0 Å². The van der Waals surface area contributed by atoms with Crippen LogP contribution in [0.3, 0.4) is 0 Å². The fraction of sp³-hybridized carbons (Fsp3) is 0.250. The first-order valence-corrected chi connectivity index (χ1v) is 9.34. The number of hydrogen-bond acceptors (Lipinski definition) is 5. The third-order valence-electron chi connectivity index (χ3n) is 3.48. The highest BCUT2D eigenvalue weighted by Gasteiger charge is 2.20. The van der Waals surface area contributed by atoms with E-state index in [1.807, 2.05) is 6.92 Å². The van der Waals surface area contributed by atoms with Crippen LogP contribution in [0, 0.1) is 0 Å². The molecule has 0 heterocycles. The number of aromatic hydroxyl groups is 4. The van der Waals surface area contributed by atoms with Crippen molar-refractivity contribution in [3.8, 4) is 23.0 Å². The van der Waals surface area contributed by atoms with Gasteiger partial charge in [-0.2, -0.15) is 0 Å². The zero-order chi connectivity index (χ0) is 18.0. The standard InChI is InChI=1S/C16H15Br3O5/c1-2-24-6-8-5-11(21)15(22)13(18)9(8)3-7-4-10(20)16(23)14(19)12(7)17/h4-5,20-23H,2-3,6H2,1H3. The fourth-order valence-corrected chi connectivity index (χ4v) is 3.72. The number of ether oxygens (including phenoxy) is 1. The molecule has 8 heteroatoms. The van der Waals surface area contributed by atoms with Gasteiger partial charge < -0.3 is 25.2 Å². The summed E-state index contributed by atoms with van der Waals surface area (Å²) in [5.41, 5.74) is 2.09. The first-order chi connectivity index (χ1) is 11.3. The largest absolute Gasteiger partial charge is 0.504 e. The van der Waals surface area contributed by atoms with Crippen molar-refractivity contribution in [2.75, 3.05) is 6.61 Å². The molecule has 0 atom stereocenters. The molecule has 0 aromatic heterocycles. The Morgan fingerprint density at radius 1 is 0.833 bits per heavy atom. The Hall–Kier alpha value is -0.960. The zero-order valence-corrected chi connectivity index (χ0v) is 17.4. The van der Waals surface area contributed by atoms with E-state index in [4.69, 9.17) is 4.74 Å². The summed E-state index contributed by atoms with van der Waals surface area (Å²) in [6.07, 6.45) is 0.323. The molecular weight excluding hydrogens is 512 g/mol. The molecule has 0 aliphatic carbocycles. The van der Waals surface area contributed by atoms with E-state index in [-0.39, 0.29) is 29.6 Å². The Kier molecular flexibility index (Phi) is 6.41. The van der Waals surface area contributed by atoms with Crippen LogP contribution in [0.1, 0.15) is 23.6 Å². The second-order valence-corrected chi connectivity index (χ2v) is 7.42. The van der Waals surface area contributed by atoms with Crippen LogP contribution in [-0.4, -0.2) is 27.0 Å². The maximum Gasteiger partial charge on any atom is 0.173 e. The van der Waals surface area contributed by atoms with Crippen LogP contribution in [0.2, 0.25) is 0 Å². The fourth-order valence-electron chi connectivity index (χ4n) is 2.22. The Morgan fingerprint density at radius 2 is 1.38 bits per heavy atom. The molecule has 2 aromatic carbocycles. The van der Waals surface area contributed by atoms with Gasteiger partial charge in [-0.1, -0.05) is 0 Å². The molecule has 4 N–H and O–H groups in total. The smallest absolute Gasteiger partial charge is 0.173 e. The summed E-state index contributed by atoms with van der Waals surface area (Å²) < 4.78 is 6.69. The Bertz CT molecular complexity index is 777. The average molecular weight is 527 g/mol. The van der Waals surface area contributed by atoms with Crippen LogP contribution in [0.25, 0.3) is 0 Å². The number of hydrogen-bond donors (Lipinski definition) is 4. The van der Waals surface area contributed by atoms with Crippen LogP contribution >= 0.6 is 47.8 Å². The number of halogens is 3. The van der Waals surface area contributed by atoms with Gasteiger partial charge in [0.15, 0.2) is 23.0 Å². The SMILES string of the molecule is CCOCc1cc(O)c(O)c(Br)c1Cc1cc(O)c(O)c(Br)c1Br. The quantitative estimate of drug-likeness (QED) is 0.415. The molecule has 0 unspecified atom stereocenters. The lowest BCUT2D eigenvalue weighted by Crippen LogP contribution is -2.02. The summed E-state index contributed by atoms with van der Waals surface area (Å²) in [5, 5.41) is 39.4. The van der Waals surface area contributed by atoms with E-state index in [0.29, 0.717) is 43.1 Å². The average Bonchev–Trinajstić information content (AvgIpc) is 2.56. The van der Waals surface area contributed by atoms with E-state index in [2.05, 4.69) is 47.8 Å². The summed E-state index contributed by atoms with van der Waals surface area (Å²) in [7, 11) is 0. The molecule has 0 saturated carbocycles. The molecule has 0 amide bonds. The van der Waals surface area contributed by atoms with Crippen molar-refractivity contribution in [1.82, 2.24) is 0 Å². The third-order valence-corrected chi connectivity index (χ3v) is 6.54. The van der Waals surface area contributed by atoms with Gasteiger partial charge in [0.1, 0.15) is 0 Å². The van der Waals surface area contributed by atoms with E-state index < -0.39 is 0 Å². The lowest BCUT2D eigenvalue weighted by molar-refractivity contribution is 0.133. The molecule has 0 bridgehead atoms. The van der Waals surface area contributed by atoms with Crippen LogP contribution in [0.4, 0.5) is 0 Å². The van der Waals surface area contributed by atoms with Gasteiger partial charge in [-0.15, -0.1) is 0 Å². The van der Waals surface area contributed by atoms with Crippen molar-refractivity contribution in [3.05, 3.63) is 42.2 Å². The second kappa shape index (κ2) is 7.95. The van der Waals surface area contributed by atoms with Gasteiger partial charge in [0.05, 0.1) is 15.6 Å². The molecule has 0 radical (unpaired) electrons. The van der Waals surface area contributed by atoms with Crippen molar-refractivity contribution < 1.29 is 25.2 Å². The number of rotatable bonds is 5. The second-order valence-electron chi connectivity index (χ2n) is 5.04. The summed E-state index contributed by atoms with van der Waals surface area (Å²) in [6, 6.07) is 2.89. The minimum atomic E-state index is -0.261. The number of phenols is 4. The normalized spacial score (nSPS) is 11.0. The van der Waals surface area contributed by atoms with Gasteiger partial charge in [-0.25, -0.2) is 0 Å². The van der Waals surface area contributed by atoms with Crippen molar-refractivity contribution in [1.29, 1.82) is 0 Å². The zero-order valence-electron chi connectivity index (χ0n) is 12.6. The highest BCUT2D eigenvalue weighted by Crippen LogP contribution is 2.44. The molecule has 0 aliphatic heterocycles. The van der Waals surface area contributed by atoms with Crippen molar-refractivity contribution >= 4 is 47.8 Å². The molecule has 5 nitrogen and oxygen atoms in total. The molecule has 130 valence electrons. The molecule has 24 heavy (non-hydrogen) atoms. The minimum absolute atomic E-state index is 0.242. The Morgan fingerprint density at radius 3 is 1.96 bits per heavy atom. The summed E-state index contributed by atoms with van der Waals surface area (Å²) >= 11 is 9.90. The van der Waals surface area contributed by atoms with E-state index in [0.717, 1.165) is 0 Å². The van der Waals surface area contributed by atoms with Crippen LogP contribution in [0.5, 0.6) is 23.0 Å². The topological polar surface area (TPSA) is 90.2 Å². The number of benzene rings is 2. The van der Waals surface area contributed by atoms with E-state index in [9.17, 15) is 20.4 Å². The molecule has 0 saturated heterocycles. The highest BCUT2D eigenvalue weighted by molar-refractivity contribution is 9.13. The van der Waals surface area contributed by atoms with Gasteiger partial charge in [0.25, 0.3) is 0 Å². The predicted molar refractivity (Wildman–Crippen MR) is 101 cm³/mol. The van der Waals surface area contributed by atoms with Gasteiger partial charge in [0.2, 0.25) is 0 Å². The van der Waals surface area contributed by atoms with E-state index >= 15 is 0 Å². The van der Waals surface area contributed by atoms with Gasteiger partial charge in [-0.05, 0) is 83.5 Å². The van der Waals surface area contributed by atoms with Crippen molar-refractivity contribution in [2.45, 2.75) is 20.0 Å². The summed E-state index contributed by atoms with van der Waals surface area (Å²) in [6.45, 7) is 2.63.